The molecule has 0 unspecified atom stereocenters. The predicted molar refractivity (Wildman–Crippen MR) is 80.4 cm³/mol. The Morgan fingerprint density at radius 1 is 1.42 bits per heavy atom. The zero-order chi connectivity index (χ0) is 13.5. The number of hydrogen-bond acceptors (Lipinski definition) is 5. The molecule has 0 aromatic carbocycles. The highest BCUT2D eigenvalue weighted by Gasteiger charge is 2.03. The summed E-state index contributed by atoms with van der Waals surface area (Å²) in [5, 5.41) is 4.95. The molecule has 3 N–H and O–H groups in total. The van der Waals surface area contributed by atoms with Crippen molar-refractivity contribution in [3.63, 3.8) is 0 Å². The highest BCUT2D eigenvalue weighted by molar-refractivity contribution is 8.00. The van der Waals surface area contributed by atoms with Crippen molar-refractivity contribution in [3.05, 3.63) is 40.7 Å². The molecule has 0 atom stereocenters. The number of thioether (sulfide) groups is 1. The SMILES string of the molecule is Nc1ccc(SCC(=O)NCCc2cccs2)cn1. The molecule has 0 fully saturated rings. The number of nitrogens with two attached hydrogens (primary N) is 1. The van der Waals surface area contributed by atoms with Gasteiger partial charge < -0.3 is 11.1 Å². The molecule has 0 bridgehead atoms. The van der Waals surface area contributed by atoms with Crippen LogP contribution in [0.5, 0.6) is 0 Å². The fraction of sp³-hybridized carbons (Fsp3) is 0.231. The van der Waals surface area contributed by atoms with Crippen molar-refractivity contribution in [2.75, 3.05) is 18.0 Å². The molecule has 2 aromatic heterocycles. The number of carbonyl (C=O) groups excluding carboxylic acids is 1. The summed E-state index contributed by atoms with van der Waals surface area (Å²) in [5.41, 5.74) is 5.50. The van der Waals surface area contributed by atoms with Crippen LogP contribution < -0.4 is 11.1 Å². The van der Waals surface area contributed by atoms with Crippen LogP contribution in [0.3, 0.4) is 0 Å². The minimum Gasteiger partial charge on any atom is -0.384 e. The normalized spacial score (nSPS) is 10.3. The predicted octanol–water partition coefficient (Wildman–Crippen LogP) is 2.18. The van der Waals surface area contributed by atoms with Crippen molar-refractivity contribution in [2.24, 2.45) is 0 Å². The number of amides is 1. The Morgan fingerprint density at radius 2 is 2.32 bits per heavy atom. The molecule has 0 aliphatic carbocycles. The minimum absolute atomic E-state index is 0.0402. The minimum atomic E-state index is 0.0402. The van der Waals surface area contributed by atoms with Crippen LogP contribution in [0.25, 0.3) is 0 Å². The Balaban J connectivity index is 1.65. The quantitative estimate of drug-likeness (QED) is 0.801. The van der Waals surface area contributed by atoms with Gasteiger partial charge in [0.2, 0.25) is 5.91 Å². The lowest BCUT2D eigenvalue weighted by Crippen LogP contribution is -2.27. The van der Waals surface area contributed by atoms with E-state index in [0.717, 1.165) is 11.3 Å². The number of carbonyl (C=O) groups is 1. The Hall–Kier alpha value is -1.53. The second-order valence-electron chi connectivity index (χ2n) is 3.89. The standard InChI is InChI=1S/C13H15N3OS2/c14-12-4-3-11(8-16-12)19-9-13(17)15-6-5-10-2-1-7-18-10/h1-4,7-8H,5-6,9H2,(H2,14,16)(H,15,17). The molecule has 2 heterocycles. The number of hydrogen-bond donors (Lipinski definition) is 2. The lowest BCUT2D eigenvalue weighted by molar-refractivity contribution is -0.118. The van der Waals surface area contributed by atoms with Crippen LogP contribution in [0.4, 0.5) is 5.82 Å². The topological polar surface area (TPSA) is 68.0 Å². The molecule has 0 aliphatic heterocycles. The van der Waals surface area contributed by atoms with Crippen LogP contribution in [0, 0.1) is 0 Å². The summed E-state index contributed by atoms with van der Waals surface area (Å²) in [5.74, 6) is 0.930. The maximum atomic E-state index is 11.6. The fourth-order valence-electron chi connectivity index (χ4n) is 1.46. The van der Waals surface area contributed by atoms with E-state index in [1.54, 1.807) is 23.6 Å². The number of aromatic nitrogens is 1. The van der Waals surface area contributed by atoms with Gasteiger partial charge >= 0.3 is 0 Å². The molecule has 100 valence electrons. The zero-order valence-electron chi connectivity index (χ0n) is 10.3. The van der Waals surface area contributed by atoms with Crippen molar-refractivity contribution in [2.45, 2.75) is 11.3 Å². The van der Waals surface area contributed by atoms with Gasteiger partial charge in [0.1, 0.15) is 5.82 Å². The smallest absolute Gasteiger partial charge is 0.230 e. The van der Waals surface area contributed by atoms with Crippen LogP contribution in [0.1, 0.15) is 4.88 Å². The van der Waals surface area contributed by atoms with Crippen LogP contribution >= 0.6 is 23.1 Å². The fourth-order valence-corrected chi connectivity index (χ4v) is 2.86. The third-order valence-corrected chi connectivity index (χ3v) is 4.32. The first-order valence-electron chi connectivity index (χ1n) is 5.87. The molecule has 0 saturated carbocycles. The third-order valence-electron chi connectivity index (χ3n) is 2.40. The van der Waals surface area contributed by atoms with Gasteiger partial charge in [-0.15, -0.1) is 23.1 Å². The number of rotatable bonds is 6. The summed E-state index contributed by atoms with van der Waals surface area (Å²) in [6.45, 7) is 0.680. The molecule has 2 rings (SSSR count). The number of thiophene rings is 1. The van der Waals surface area contributed by atoms with Crippen LogP contribution in [0.2, 0.25) is 0 Å². The summed E-state index contributed by atoms with van der Waals surface area (Å²) < 4.78 is 0. The van der Waals surface area contributed by atoms with Gasteiger partial charge in [0.15, 0.2) is 0 Å². The van der Waals surface area contributed by atoms with Crippen molar-refractivity contribution in [1.82, 2.24) is 10.3 Å². The molecule has 6 heteroatoms. The molecular formula is C13H15N3OS2. The maximum Gasteiger partial charge on any atom is 0.230 e. The van der Waals surface area contributed by atoms with Gasteiger partial charge in [-0.25, -0.2) is 4.98 Å². The molecule has 0 spiro atoms. The van der Waals surface area contributed by atoms with E-state index in [1.165, 1.54) is 16.6 Å². The summed E-state index contributed by atoms with van der Waals surface area (Å²) in [7, 11) is 0. The van der Waals surface area contributed by atoms with Gasteiger partial charge in [-0.1, -0.05) is 6.07 Å². The van der Waals surface area contributed by atoms with Crippen molar-refractivity contribution in [3.8, 4) is 0 Å². The van der Waals surface area contributed by atoms with Crippen molar-refractivity contribution >= 4 is 34.8 Å². The average molecular weight is 293 g/mol. The number of pyridine rings is 1. The maximum absolute atomic E-state index is 11.6. The molecular weight excluding hydrogens is 278 g/mol. The van der Waals surface area contributed by atoms with E-state index in [1.807, 2.05) is 17.5 Å². The summed E-state index contributed by atoms with van der Waals surface area (Å²) in [4.78, 5) is 17.9. The molecule has 19 heavy (non-hydrogen) atoms. The van der Waals surface area contributed by atoms with Gasteiger partial charge in [-0.2, -0.15) is 0 Å². The van der Waals surface area contributed by atoms with Gasteiger partial charge in [0.05, 0.1) is 5.75 Å². The Bertz CT molecular complexity index is 511. The van der Waals surface area contributed by atoms with Gasteiger partial charge in [-0.3, -0.25) is 4.79 Å². The lowest BCUT2D eigenvalue weighted by Gasteiger charge is -2.04. The van der Waals surface area contributed by atoms with E-state index < -0.39 is 0 Å². The van der Waals surface area contributed by atoms with E-state index in [0.29, 0.717) is 18.1 Å². The van der Waals surface area contributed by atoms with Gasteiger partial charge in [-0.05, 0) is 30.0 Å². The van der Waals surface area contributed by atoms with Gasteiger partial charge in [0.25, 0.3) is 0 Å². The molecule has 4 nitrogen and oxygen atoms in total. The third kappa shape index (κ3) is 4.92. The number of nitrogen functional groups attached to an aromatic ring is 1. The first kappa shape index (κ1) is 13.9. The molecule has 0 aliphatic rings. The van der Waals surface area contributed by atoms with Crippen molar-refractivity contribution < 1.29 is 4.79 Å². The Kier molecular flexibility index (Phi) is 5.23. The first-order valence-corrected chi connectivity index (χ1v) is 7.74. The summed E-state index contributed by atoms with van der Waals surface area (Å²) in [6, 6.07) is 7.69. The highest BCUT2D eigenvalue weighted by atomic mass is 32.2. The number of nitrogens with zero attached hydrogens (tertiary/aromatic N) is 1. The molecule has 0 radical (unpaired) electrons. The first-order chi connectivity index (χ1) is 9.24. The largest absolute Gasteiger partial charge is 0.384 e. The monoisotopic (exact) mass is 293 g/mol. The van der Waals surface area contributed by atoms with Gasteiger partial charge in [0, 0.05) is 22.5 Å². The molecule has 2 aromatic rings. The highest BCUT2D eigenvalue weighted by Crippen LogP contribution is 2.16. The zero-order valence-corrected chi connectivity index (χ0v) is 12.0. The number of nitrogens with one attached hydrogen (secondary N) is 1. The summed E-state index contributed by atoms with van der Waals surface area (Å²) >= 11 is 3.17. The second kappa shape index (κ2) is 7.16. The lowest BCUT2D eigenvalue weighted by atomic mass is 10.3. The van der Waals surface area contributed by atoms with Crippen molar-refractivity contribution in [1.29, 1.82) is 0 Å². The molecule has 0 saturated heterocycles. The van der Waals surface area contributed by atoms with Crippen LogP contribution in [0.15, 0.2) is 40.7 Å². The number of anilines is 1. The van der Waals surface area contributed by atoms with E-state index in [9.17, 15) is 4.79 Å². The van der Waals surface area contributed by atoms with Crippen LogP contribution in [-0.4, -0.2) is 23.2 Å². The summed E-state index contributed by atoms with van der Waals surface area (Å²) in [6.07, 6.45) is 2.57. The average Bonchev–Trinajstić information content (AvgIpc) is 2.91. The van der Waals surface area contributed by atoms with E-state index in [4.69, 9.17) is 5.73 Å². The van der Waals surface area contributed by atoms with E-state index in [2.05, 4.69) is 16.4 Å². The molecule has 1 amide bonds. The second-order valence-corrected chi connectivity index (χ2v) is 5.97. The van der Waals surface area contributed by atoms with E-state index in [-0.39, 0.29) is 5.91 Å². The Labute approximate surface area is 120 Å². The van der Waals surface area contributed by atoms with E-state index >= 15 is 0 Å². The van der Waals surface area contributed by atoms with Crippen LogP contribution in [-0.2, 0) is 11.2 Å². The Morgan fingerprint density at radius 3 is 3.00 bits per heavy atom.